The molecule has 2 nitrogen and oxygen atoms in total. The Morgan fingerprint density at radius 3 is 3.25 bits per heavy atom. The van der Waals surface area contributed by atoms with Gasteiger partial charge in [-0.15, -0.1) is 0 Å². The maximum Gasteiger partial charge on any atom is 0.183 e. The lowest BCUT2D eigenvalue weighted by Gasteiger charge is -1.92. The second-order valence-corrected chi connectivity index (χ2v) is 1.45. The molecule has 0 unspecified atom stereocenters. The Balaban J connectivity index is 3.06. The predicted molar refractivity (Wildman–Crippen MR) is 30.1 cm³/mol. The molecule has 0 aliphatic heterocycles. The van der Waals surface area contributed by atoms with Crippen molar-refractivity contribution in [1.29, 1.82) is 0 Å². The number of aromatic nitrogens is 1. The van der Waals surface area contributed by atoms with Gasteiger partial charge in [-0.25, -0.2) is 0 Å². The van der Waals surface area contributed by atoms with Gasteiger partial charge < -0.3 is 5.21 Å². The van der Waals surface area contributed by atoms with E-state index >= 15 is 0 Å². The van der Waals surface area contributed by atoms with Crippen molar-refractivity contribution in [2.45, 2.75) is 6.85 Å². The molecule has 0 saturated carbocycles. The van der Waals surface area contributed by atoms with Crippen LogP contribution in [0.5, 0.6) is 0 Å². The minimum Gasteiger partial charge on any atom is -0.619 e. The molecule has 1 aromatic rings. The van der Waals surface area contributed by atoms with Crippen LogP contribution in [0.1, 0.15) is 9.68 Å². The summed E-state index contributed by atoms with van der Waals surface area (Å²) in [5, 5.41) is 10.6. The van der Waals surface area contributed by atoms with Crippen LogP contribution >= 0.6 is 0 Å². The van der Waals surface area contributed by atoms with Crippen molar-refractivity contribution in [3.63, 3.8) is 0 Å². The van der Waals surface area contributed by atoms with E-state index in [1.54, 1.807) is 0 Å². The fraction of sp³-hybridized carbons (Fsp3) is 0.167. The van der Waals surface area contributed by atoms with Crippen molar-refractivity contribution in [2.24, 2.45) is 0 Å². The quantitative estimate of drug-likeness (QED) is 0.357. The lowest BCUT2D eigenvalue weighted by atomic mass is 10.3. The zero-order chi connectivity index (χ0) is 8.48. The average Bonchev–Trinajstić information content (AvgIpc) is 1.86. The predicted octanol–water partition coefficient (Wildman–Crippen LogP) is 0.628. The lowest BCUT2D eigenvalue weighted by molar-refractivity contribution is -0.605. The smallest absolute Gasteiger partial charge is 0.183 e. The van der Waals surface area contributed by atoms with Gasteiger partial charge in [0, 0.05) is 15.7 Å². The topological polar surface area (TPSA) is 26.9 Å². The van der Waals surface area contributed by atoms with Crippen molar-refractivity contribution < 1.29 is 8.84 Å². The summed E-state index contributed by atoms with van der Waals surface area (Å²) < 4.78 is 21.3. The lowest BCUT2D eigenvalue weighted by Crippen LogP contribution is -2.23. The molecular weight excluding hydrogens is 102 g/mol. The van der Waals surface area contributed by atoms with Crippen LogP contribution in [-0.4, -0.2) is 0 Å². The molecule has 1 rings (SSSR count). The molecule has 0 bridgehead atoms. The van der Waals surface area contributed by atoms with Crippen LogP contribution in [0.3, 0.4) is 0 Å². The molecule has 0 radical (unpaired) electrons. The van der Waals surface area contributed by atoms with Crippen LogP contribution in [0.15, 0.2) is 24.5 Å². The number of aryl methyl sites for hydroxylation is 1. The zero-order valence-electron chi connectivity index (χ0n) is 7.16. The third kappa shape index (κ3) is 0.964. The Kier molecular flexibility index (Phi) is 0.565. The summed E-state index contributed by atoms with van der Waals surface area (Å²) in [5.41, 5.74) is 0.0648. The largest absolute Gasteiger partial charge is 0.619 e. The van der Waals surface area contributed by atoms with E-state index in [9.17, 15) is 5.21 Å². The average molecular weight is 112 g/mol. The number of hydrogen-bond donors (Lipinski definition) is 0. The molecule has 0 spiro atoms. The van der Waals surface area contributed by atoms with E-state index in [4.69, 9.17) is 4.11 Å². The van der Waals surface area contributed by atoms with Gasteiger partial charge in [0.1, 0.15) is 0 Å². The van der Waals surface area contributed by atoms with Crippen LogP contribution in [-0.2, 0) is 0 Å². The third-order valence-electron chi connectivity index (χ3n) is 0.775. The van der Waals surface area contributed by atoms with Crippen LogP contribution in [0.25, 0.3) is 0 Å². The molecule has 0 aliphatic carbocycles. The minimum absolute atomic E-state index is 0.0648. The van der Waals surface area contributed by atoms with Gasteiger partial charge in [0.25, 0.3) is 0 Å². The van der Waals surface area contributed by atoms with Gasteiger partial charge in [-0.2, -0.15) is 4.73 Å². The summed E-state index contributed by atoms with van der Waals surface area (Å²) in [5.74, 6) is 0. The first-order valence-electron chi connectivity index (χ1n) is 3.69. The van der Waals surface area contributed by atoms with E-state index in [1.807, 2.05) is 0 Å². The molecule has 0 amide bonds. The second-order valence-electron chi connectivity index (χ2n) is 1.45. The van der Waals surface area contributed by atoms with E-state index in [2.05, 4.69) is 0 Å². The Hall–Kier alpha value is -1.05. The molecular formula is C6H7NO. The molecule has 8 heavy (non-hydrogen) atoms. The standard InChI is InChI=1S/C6H7NO/c1-6-3-2-4-7(8)5-6/h2-5H,1H3/i1D3. The second kappa shape index (κ2) is 1.82. The molecule has 1 aromatic heterocycles. The fourth-order valence-corrected chi connectivity index (χ4v) is 0.455. The highest BCUT2D eigenvalue weighted by molar-refractivity contribution is 5.01. The minimum atomic E-state index is -2.19. The van der Waals surface area contributed by atoms with Gasteiger partial charge in [-0.05, 0) is 12.9 Å². The van der Waals surface area contributed by atoms with Gasteiger partial charge >= 0.3 is 0 Å². The zero-order valence-corrected chi connectivity index (χ0v) is 4.16. The maximum atomic E-state index is 10.6. The summed E-state index contributed by atoms with van der Waals surface area (Å²) in [6.07, 6.45) is 2.29. The molecule has 0 N–H and O–H groups in total. The first kappa shape index (κ1) is 2.49. The van der Waals surface area contributed by atoms with Gasteiger partial charge in [-0.3, -0.25) is 0 Å². The van der Waals surface area contributed by atoms with Gasteiger partial charge in [0.15, 0.2) is 12.4 Å². The van der Waals surface area contributed by atoms with E-state index < -0.39 is 6.85 Å². The Bertz CT molecular complexity index is 258. The Morgan fingerprint density at radius 1 is 1.88 bits per heavy atom. The van der Waals surface area contributed by atoms with E-state index in [0.29, 0.717) is 4.73 Å². The summed E-state index contributed by atoms with van der Waals surface area (Å²) in [7, 11) is 0. The number of rotatable bonds is 0. The molecule has 0 aromatic carbocycles. The molecule has 0 atom stereocenters. The number of hydrogen-bond acceptors (Lipinski definition) is 1. The summed E-state index contributed by atoms with van der Waals surface area (Å²) in [6, 6.07) is 2.82. The fourth-order valence-electron chi connectivity index (χ4n) is 0.455. The molecule has 0 aliphatic rings. The maximum absolute atomic E-state index is 10.6. The SMILES string of the molecule is [2H]C([2H])([2H])c1ccc[n+]([O-])c1. The van der Waals surface area contributed by atoms with Crippen LogP contribution in [0.4, 0.5) is 0 Å². The van der Waals surface area contributed by atoms with Crippen LogP contribution < -0.4 is 4.73 Å². The van der Waals surface area contributed by atoms with E-state index in [-0.39, 0.29) is 5.56 Å². The van der Waals surface area contributed by atoms with Crippen LogP contribution in [0.2, 0.25) is 0 Å². The number of pyridine rings is 1. The third-order valence-corrected chi connectivity index (χ3v) is 0.775. The Morgan fingerprint density at radius 2 is 2.75 bits per heavy atom. The summed E-state index contributed by atoms with van der Waals surface area (Å²) >= 11 is 0. The van der Waals surface area contributed by atoms with E-state index in [0.717, 1.165) is 6.20 Å². The molecule has 2 heteroatoms. The van der Waals surface area contributed by atoms with Gasteiger partial charge in [-0.1, -0.05) is 0 Å². The van der Waals surface area contributed by atoms with Crippen molar-refractivity contribution in [1.82, 2.24) is 0 Å². The van der Waals surface area contributed by atoms with Gasteiger partial charge in [0.2, 0.25) is 0 Å². The summed E-state index contributed by atoms with van der Waals surface area (Å²) in [6.45, 7) is -2.19. The summed E-state index contributed by atoms with van der Waals surface area (Å²) in [4.78, 5) is 0. The molecule has 0 saturated heterocycles. The highest BCUT2D eigenvalue weighted by Crippen LogP contribution is 1.86. The molecule has 0 fully saturated rings. The molecule has 1 heterocycles. The van der Waals surface area contributed by atoms with Crippen molar-refractivity contribution in [2.75, 3.05) is 0 Å². The first-order valence-corrected chi connectivity index (χ1v) is 2.19. The molecule has 42 valence electrons. The van der Waals surface area contributed by atoms with Gasteiger partial charge in [0.05, 0.1) is 0 Å². The van der Waals surface area contributed by atoms with Crippen LogP contribution in [0, 0.1) is 12.1 Å². The monoisotopic (exact) mass is 112 g/mol. The first-order chi connectivity index (χ1) is 5.00. The van der Waals surface area contributed by atoms with Crippen molar-refractivity contribution >= 4 is 0 Å². The Labute approximate surface area is 52.2 Å². The highest BCUT2D eigenvalue weighted by Gasteiger charge is 1.85. The van der Waals surface area contributed by atoms with E-state index in [1.165, 1.54) is 18.3 Å². The van der Waals surface area contributed by atoms with Crippen molar-refractivity contribution in [3.05, 3.63) is 35.3 Å². The van der Waals surface area contributed by atoms with Crippen molar-refractivity contribution in [3.8, 4) is 0 Å². The number of nitrogens with zero attached hydrogens (tertiary/aromatic N) is 1. The highest BCUT2D eigenvalue weighted by atomic mass is 16.5. The normalized spacial score (nSPS) is 16.2.